The number of ether oxygens (including phenoxy) is 1. The number of aromatic nitrogens is 1. The Morgan fingerprint density at radius 3 is 2.53 bits per heavy atom. The summed E-state index contributed by atoms with van der Waals surface area (Å²) >= 11 is 0. The van der Waals surface area contributed by atoms with E-state index in [-0.39, 0.29) is 0 Å². The van der Waals surface area contributed by atoms with E-state index in [2.05, 4.69) is 30.1 Å². The Bertz CT molecular complexity index is 389. The molecule has 1 aromatic carbocycles. The van der Waals surface area contributed by atoms with Crippen LogP contribution in [0.5, 0.6) is 5.75 Å². The van der Waals surface area contributed by atoms with Gasteiger partial charge in [0.05, 0.1) is 6.61 Å². The van der Waals surface area contributed by atoms with Crippen LogP contribution in [-0.4, -0.2) is 11.6 Å². The van der Waals surface area contributed by atoms with Gasteiger partial charge in [0.15, 0.2) is 0 Å². The largest absolute Gasteiger partial charge is 0.494 e. The van der Waals surface area contributed by atoms with Gasteiger partial charge in [-0.2, -0.15) is 0 Å². The van der Waals surface area contributed by atoms with Crippen LogP contribution in [0.15, 0.2) is 42.6 Å². The third-order valence-electron chi connectivity index (χ3n) is 2.24. The number of rotatable bonds is 4. The predicted molar refractivity (Wildman–Crippen MR) is 62.0 cm³/mol. The summed E-state index contributed by atoms with van der Waals surface area (Å²) in [6.07, 6.45) is 2.97. The fourth-order valence-electron chi connectivity index (χ4n) is 1.46. The highest BCUT2D eigenvalue weighted by molar-refractivity contribution is 5.60. The number of nitrogens with one attached hydrogen (secondary N) is 1. The first-order valence-corrected chi connectivity index (χ1v) is 5.27. The SMILES string of the molecule is CCCOc1ccc(-c2ccc[nH]2)cc1. The predicted octanol–water partition coefficient (Wildman–Crippen LogP) is 3.47. The van der Waals surface area contributed by atoms with E-state index >= 15 is 0 Å². The van der Waals surface area contributed by atoms with Crippen LogP contribution < -0.4 is 4.74 Å². The number of H-pyrrole nitrogens is 1. The summed E-state index contributed by atoms with van der Waals surface area (Å²) in [5, 5.41) is 0. The molecule has 0 fully saturated rings. The highest BCUT2D eigenvalue weighted by Crippen LogP contribution is 2.20. The normalized spacial score (nSPS) is 10.2. The van der Waals surface area contributed by atoms with Gasteiger partial charge in [0, 0.05) is 11.9 Å². The molecule has 1 N–H and O–H groups in total. The Morgan fingerprint density at radius 2 is 1.93 bits per heavy atom. The first kappa shape index (κ1) is 9.84. The van der Waals surface area contributed by atoms with Crippen molar-refractivity contribution in [2.45, 2.75) is 13.3 Å². The Labute approximate surface area is 89.9 Å². The van der Waals surface area contributed by atoms with Gasteiger partial charge in [0.25, 0.3) is 0 Å². The molecule has 2 aromatic rings. The maximum atomic E-state index is 5.52. The fraction of sp³-hybridized carbons (Fsp3) is 0.231. The van der Waals surface area contributed by atoms with Crippen LogP contribution in [0.1, 0.15) is 13.3 Å². The van der Waals surface area contributed by atoms with Gasteiger partial charge < -0.3 is 9.72 Å². The van der Waals surface area contributed by atoms with E-state index in [1.807, 2.05) is 24.4 Å². The monoisotopic (exact) mass is 201 g/mol. The molecule has 0 saturated heterocycles. The molecule has 0 saturated carbocycles. The second-order valence-corrected chi connectivity index (χ2v) is 3.46. The number of hydrogen-bond donors (Lipinski definition) is 1. The summed E-state index contributed by atoms with van der Waals surface area (Å²) in [5.74, 6) is 0.937. The smallest absolute Gasteiger partial charge is 0.119 e. The van der Waals surface area contributed by atoms with Crippen molar-refractivity contribution in [2.75, 3.05) is 6.61 Å². The van der Waals surface area contributed by atoms with Gasteiger partial charge in [0.1, 0.15) is 5.75 Å². The number of hydrogen-bond acceptors (Lipinski definition) is 1. The van der Waals surface area contributed by atoms with Crippen LogP contribution in [0, 0.1) is 0 Å². The van der Waals surface area contributed by atoms with Gasteiger partial charge in [-0.25, -0.2) is 0 Å². The minimum atomic E-state index is 0.780. The lowest BCUT2D eigenvalue weighted by atomic mass is 10.1. The fourth-order valence-corrected chi connectivity index (χ4v) is 1.46. The van der Waals surface area contributed by atoms with Crippen LogP contribution in [0.3, 0.4) is 0 Å². The van der Waals surface area contributed by atoms with Gasteiger partial charge in [-0.1, -0.05) is 6.92 Å². The highest BCUT2D eigenvalue weighted by Gasteiger charge is 1.98. The molecule has 1 aromatic heterocycles. The van der Waals surface area contributed by atoms with Crippen molar-refractivity contribution in [2.24, 2.45) is 0 Å². The molecule has 0 atom stereocenters. The minimum Gasteiger partial charge on any atom is -0.494 e. The summed E-state index contributed by atoms with van der Waals surface area (Å²) in [7, 11) is 0. The Kier molecular flexibility index (Phi) is 3.08. The van der Waals surface area contributed by atoms with Crippen molar-refractivity contribution in [3.63, 3.8) is 0 Å². The molecule has 15 heavy (non-hydrogen) atoms. The van der Waals surface area contributed by atoms with Gasteiger partial charge in [-0.3, -0.25) is 0 Å². The highest BCUT2D eigenvalue weighted by atomic mass is 16.5. The zero-order chi connectivity index (χ0) is 10.5. The van der Waals surface area contributed by atoms with E-state index < -0.39 is 0 Å². The Balaban J connectivity index is 2.11. The second kappa shape index (κ2) is 4.69. The molecule has 0 aliphatic rings. The van der Waals surface area contributed by atoms with Crippen LogP contribution in [0.25, 0.3) is 11.3 Å². The summed E-state index contributed by atoms with van der Waals surface area (Å²) in [4.78, 5) is 3.18. The Hall–Kier alpha value is -1.70. The maximum Gasteiger partial charge on any atom is 0.119 e. The second-order valence-electron chi connectivity index (χ2n) is 3.46. The molecular formula is C13H15NO. The van der Waals surface area contributed by atoms with Crippen molar-refractivity contribution < 1.29 is 4.74 Å². The molecule has 0 aliphatic heterocycles. The molecule has 0 radical (unpaired) electrons. The molecule has 0 amide bonds. The first-order chi connectivity index (χ1) is 7.40. The quantitative estimate of drug-likeness (QED) is 0.805. The van der Waals surface area contributed by atoms with Crippen molar-refractivity contribution in [3.05, 3.63) is 42.6 Å². The maximum absolute atomic E-state index is 5.52. The molecule has 0 bridgehead atoms. The zero-order valence-electron chi connectivity index (χ0n) is 8.86. The van der Waals surface area contributed by atoms with Crippen molar-refractivity contribution >= 4 is 0 Å². The van der Waals surface area contributed by atoms with E-state index in [9.17, 15) is 0 Å². The third-order valence-corrected chi connectivity index (χ3v) is 2.24. The van der Waals surface area contributed by atoms with Crippen molar-refractivity contribution in [1.29, 1.82) is 0 Å². The molecule has 78 valence electrons. The van der Waals surface area contributed by atoms with E-state index in [4.69, 9.17) is 4.74 Å². The topological polar surface area (TPSA) is 25.0 Å². The summed E-state index contributed by atoms with van der Waals surface area (Å²) in [6, 6.07) is 12.2. The summed E-state index contributed by atoms with van der Waals surface area (Å²) in [5.41, 5.74) is 2.32. The average Bonchev–Trinajstić information content (AvgIpc) is 2.80. The lowest BCUT2D eigenvalue weighted by molar-refractivity contribution is 0.317. The van der Waals surface area contributed by atoms with E-state index in [1.54, 1.807) is 0 Å². The molecule has 0 unspecified atom stereocenters. The van der Waals surface area contributed by atoms with Crippen LogP contribution in [0.4, 0.5) is 0 Å². The van der Waals surface area contributed by atoms with E-state index in [0.29, 0.717) is 0 Å². The summed E-state index contributed by atoms with van der Waals surface area (Å²) < 4.78 is 5.52. The van der Waals surface area contributed by atoms with Gasteiger partial charge >= 0.3 is 0 Å². The minimum absolute atomic E-state index is 0.780. The molecule has 2 heteroatoms. The molecule has 2 nitrogen and oxygen atoms in total. The molecule has 0 aliphatic carbocycles. The van der Waals surface area contributed by atoms with Gasteiger partial charge in [-0.05, 0) is 48.4 Å². The average molecular weight is 201 g/mol. The van der Waals surface area contributed by atoms with Crippen molar-refractivity contribution in [1.82, 2.24) is 4.98 Å². The van der Waals surface area contributed by atoms with Crippen LogP contribution in [-0.2, 0) is 0 Å². The van der Waals surface area contributed by atoms with Crippen molar-refractivity contribution in [3.8, 4) is 17.0 Å². The van der Waals surface area contributed by atoms with Gasteiger partial charge in [0.2, 0.25) is 0 Å². The molecule has 0 spiro atoms. The number of benzene rings is 1. The van der Waals surface area contributed by atoms with Crippen LogP contribution >= 0.6 is 0 Å². The number of aromatic amines is 1. The van der Waals surface area contributed by atoms with Gasteiger partial charge in [-0.15, -0.1) is 0 Å². The first-order valence-electron chi connectivity index (χ1n) is 5.27. The molecule has 1 heterocycles. The Morgan fingerprint density at radius 1 is 1.13 bits per heavy atom. The standard InChI is InChI=1S/C13H15NO/c1-2-10-15-12-7-5-11(6-8-12)13-4-3-9-14-13/h3-9,14H,2,10H2,1H3. The van der Waals surface area contributed by atoms with Crippen LogP contribution in [0.2, 0.25) is 0 Å². The zero-order valence-corrected chi connectivity index (χ0v) is 8.86. The molecular weight excluding hydrogens is 186 g/mol. The van der Waals surface area contributed by atoms with E-state index in [1.165, 1.54) is 5.56 Å². The van der Waals surface area contributed by atoms with E-state index in [0.717, 1.165) is 24.5 Å². The lowest BCUT2D eigenvalue weighted by Gasteiger charge is -2.04. The lowest BCUT2D eigenvalue weighted by Crippen LogP contribution is -1.94. The third kappa shape index (κ3) is 2.40. The molecule has 2 rings (SSSR count). The summed E-state index contributed by atoms with van der Waals surface area (Å²) in [6.45, 7) is 2.88.